The standard InChI is InChI=1S/C18H18Br2N2O2S/c1-24-15-11(7-9(19)8-12(15)20)16-21-17(23)14-10-5-3-2-4-6-13(10)25-18(14)22-16/h7-8,16,22H,2-6H2,1H3,(H,21,23)/t16-/m0/s1. The van der Waals surface area contributed by atoms with Crippen molar-refractivity contribution in [1.82, 2.24) is 5.32 Å². The Balaban J connectivity index is 1.75. The highest BCUT2D eigenvalue weighted by molar-refractivity contribution is 9.11. The summed E-state index contributed by atoms with van der Waals surface area (Å²) in [6, 6.07) is 3.91. The van der Waals surface area contributed by atoms with Crippen LogP contribution in [0.3, 0.4) is 0 Å². The van der Waals surface area contributed by atoms with E-state index in [1.807, 2.05) is 12.1 Å². The molecule has 1 amide bonds. The third-order valence-electron chi connectivity index (χ3n) is 4.75. The molecule has 7 heteroatoms. The topological polar surface area (TPSA) is 50.4 Å². The second kappa shape index (κ2) is 6.93. The maximum absolute atomic E-state index is 12.9. The lowest BCUT2D eigenvalue weighted by molar-refractivity contribution is 0.0935. The van der Waals surface area contributed by atoms with E-state index in [9.17, 15) is 4.79 Å². The molecule has 132 valence electrons. The summed E-state index contributed by atoms with van der Waals surface area (Å²) in [5.74, 6) is 0.735. The number of rotatable bonds is 2. The second-order valence-electron chi connectivity index (χ2n) is 6.33. The number of anilines is 1. The number of ether oxygens (including phenoxy) is 1. The Bertz CT molecular complexity index is 850. The highest BCUT2D eigenvalue weighted by Gasteiger charge is 2.33. The van der Waals surface area contributed by atoms with Crippen LogP contribution in [0.1, 0.15) is 51.8 Å². The first-order chi connectivity index (χ1) is 12.1. The van der Waals surface area contributed by atoms with Gasteiger partial charge in [-0.25, -0.2) is 0 Å². The fraction of sp³-hybridized carbons (Fsp3) is 0.389. The summed E-state index contributed by atoms with van der Waals surface area (Å²) in [7, 11) is 1.64. The Labute approximate surface area is 167 Å². The summed E-state index contributed by atoms with van der Waals surface area (Å²) in [5.41, 5.74) is 3.00. The van der Waals surface area contributed by atoms with E-state index >= 15 is 0 Å². The van der Waals surface area contributed by atoms with Gasteiger partial charge in [-0.2, -0.15) is 0 Å². The average molecular weight is 486 g/mol. The van der Waals surface area contributed by atoms with Crippen LogP contribution in [0.25, 0.3) is 0 Å². The van der Waals surface area contributed by atoms with Gasteiger partial charge < -0.3 is 15.4 Å². The van der Waals surface area contributed by atoms with Gasteiger partial charge in [0.1, 0.15) is 16.9 Å². The minimum Gasteiger partial charge on any atom is -0.495 e. The van der Waals surface area contributed by atoms with Crippen molar-refractivity contribution < 1.29 is 9.53 Å². The maximum atomic E-state index is 12.9. The van der Waals surface area contributed by atoms with Gasteiger partial charge in [0.2, 0.25) is 0 Å². The molecule has 1 aromatic heterocycles. The fourth-order valence-corrected chi connectivity index (χ4v) is 6.36. The van der Waals surface area contributed by atoms with Crippen LogP contribution in [0, 0.1) is 0 Å². The Hall–Kier alpha value is -1.05. The van der Waals surface area contributed by atoms with Gasteiger partial charge in [0.05, 0.1) is 17.1 Å². The zero-order valence-corrected chi connectivity index (χ0v) is 17.7. The molecule has 1 atom stereocenters. The number of hydrogen-bond acceptors (Lipinski definition) is 4. The first-order valence-electron chi connectivity index (χ1n) is 8.33. The van der Waals surface area contributed by atoms with E-state index in [1.54, 1.807) is 18.4 Å². The number of carbonyl (C=O) groups excluding carboxylic acids is 1. The predicted octanol–water partition coefficient (Wildman–Crippen LogP) is 5.40. The van der Waals surface area contributed by atoms with Crippen LogP contribution in [-0.2, 0) is 12.8 Å². The lowest BCUT2D eigenvalue weighted by Crippen LogP contribution is -2.38. The molecule has 2 heterocycles. The van der Waals surface area contributed by atoms with E-state index in [0.717, 1.165) is 43.7 Å². The summed E-state index contributed by atoms with van der Waals surface area (Å²) in [6.07, 6.45) is 5.40. The molecule has 4 rings (SSSR count). The molecule has 2 aromatic rings. The molecule has 2 N–H and O–H groups in total. The summed E-state index contributed by atoms with van der Waals surface area (Å²) in [6.45, 7) is 0. The molecular weight excluding hydrogens is 468 g/mol. The van der Waals surface area contributed by atoms with Crippen LogP contribution in [0.5, 0.6) is 5.75 Å². The highest BCUT2D eigenvalue weighted by Crippen LogP contribution is 2.43. The van der Waals surface area contributed by atoms with E-state index in [2.05, 4.69) is 42.5 Å². The number of methoxy groups -OCH3 is 1. The Morgan fingerprint density at radius 2 is 1.96 bits per heavy atom. The zero-order chi connectivity index (χ0) is 17.6. The summed E-state index contributed by atoms with van der Waals surface area (Å²) < 4.78 is 7.33. The van der Waals surface area contributed by atoms with Crippen LogP contribution >= 0.6 is 43.2 Å². The van der Waals surface area contributed by atoms with Crippen molar-refractivity contribution in [2.24, 2.45) is 0 Å². The SMILES string of the molecule is COc1c(Br)cc(Br)cc1[C@H]1NC(=O)c2c(sc3c2CCCCC3)N1. The molecule has 0 unspecified atom stereocenters. The molecular formula is C18H18Br2N2O2S. The Morgan fingerprint density at radius 1 is 1.16 bits per heavy atom. The quantitative estimate of drug-likeness (QED) is 0.559. The van der Waals surface area contributed by atoms with Crippen molar-refractivity contribution in [1.29, 1.82) is 0 Å². The average Bonchev–Trinajstić information content (AvgIpc) is 2.76. The number of benzene rings is 1. The van der Waals surface area contributed by atoms with Crippen molar-refractivity contribution >= 4 is 54.1 Å². The van der Waals surface area contributed by atoms with Crippen molar-refractivity contribution in [3.8, 4) is 5.75 Å². The summed E-state index contributed by atoms with van der Waals surface area (Å²) in [4.78, 5) is 14.2. The second-order valence-corrected chi connectivity index (χ2v) is 9.20. The zero-order valence-electron chi connectivity index (χ0n) is 13.7. The Kier molecular flexibility index (Phi) is 4.81. The predicted molar refractivity (Wildman–Crippen MR) is 108 cm³/mol. The number of nitrogens with one attached hydrogen (secondary N) is 2. The lowest BCUT2D eigenvalue weighted by Gasteiger charge is -2.28. The number of aryl methyl sites for hydroxylation is 1. The molecule has 0 saturated heterocycles. The summed E-state index contributed by atoms with van der Waals surface area (Å²) in [5, 5.41) is 7.61. The number of fused-ring (bicyclic) bond motifs is 3. The van der Waals surface area contributed by atoms with E-state index in [0.29, 0.717) is 0 Å². The van der Waals surface area contributed by atoms with Gasteiger partial charge in [-0.15, -0.1) is 11.3 Å². The molecule has 4 nitrogen and oxygen atoms in total. The largest absolute Gasteiger partial charge is 0.495 e. The normalized spacial score (nSPS) is 19.3. The van der Waals surface area contributed by atoms with Gasteiger partial charge in [-0.3, -0.25) is 4.79 Å². The third kappa shape index (κ3) is 3.11. The number of carbonyl (C=O) groups is 1. The fourth-order valence-electron chi connectivity index (χ4n) is 3.62. The van der Waals surface area contributed by atoms with Gasteiger partial charge in [-0.1, -0.05) is 22.4 Å². The molecule has 0 fully saturated rings. The minimum atomic E-state index is -0.314. The highest BCUT2D eigenvalue weighted by atomic mass is 79.9. The van der Waals surface area contributed by atoms with Crippen LogP contribution in [-0.4, -0.2) is 13.0 Å². The molecule has 0 saturated carbocycles. The van der Waals surface area contributed by atoms with Crippen molar-refractivity contribution in [3.63, 3.8) is 0 Å². The molecule has 1 aliphatic heterocycles. The van der Waals surface area contributed by atoms with Gasteiger partial charge in [0.15, 0.2) is 0 Å². The number of amides is 1. The van der Waals surface area contributed by atoms with E-state index in [-0.39, 0.29) is 12.1 Å². The minimum absolute atomic E-state index is 0.0105. The monoisotopic (exact) mass is 484 g/mol. The molecule has 0 bridgehead atoms. The maximum Gasteiger partial charge on any atom is 0.256 e. The van der Waals surface area contributed by atoms with Crippen LogP contribution in [0.2, 0.25) is 0 Å². The van der Waals surface area contributed by atoms with Gasteiger partial charge in [0.25, 0.3) is 5.91 Å². The summed E-state index contributed by atoms with van der Waals surface area (Å²) >= 11 is 8.79. The van der Waals surface area contributed by atoms with Gasteiger partial charge in [-0.05, 0) is 59.3 Å². The van der Waals surface area contributed by atoms with E-state index in [1.165, 1.54) is 29.7 Å². The van der Waals surface area contributed by atoms with Crippen LogP contribution in [0.15, 0.2) is 21.1 Å². The van der Waals surface area contributed by atoms with Crippen molar-refractivity contribution in [2.75, 3.05) is 12.4 Å². The van der Waals surface area contributed by atoms with Gasteiger partial charge >= 0.3 is 0 Å². The smallest absolute Gasteiger partial charge is 0.256 e. The van der Waals surface area contributed by atoms with Crippen LogP contribution in [0.4, 0.5) is 5.00 Å². The van der Waals surface area contributed by atoms with Crippen molar-refractivity contribution in [3.05, 3.63) is 42.6 Å². The molecule has 25 heavy (non-hydrogen) atoms. The van der Waals surface area contributed by atoms with E-state index in [4.69, 9.17) is 4.74 Å². The third-order valence-corrected chi connectivity index (χ3v) is 7.02. The first-order valence-corrected chi connectivity index (χ1v) is 10.7. The number of thiophene rings is 1. The number of hydrogen-bond donors (Lipinski definition) is 2. The van der Waals surface area contributed by atoms with Gasteiger partial charge in [0, 0.05) is 14.9 Å². The molecule has 0 spiro atoms. The lowest BCUT2D eigenvalue weighted by atomic mass is 10.0. The molecule has 0 radical (unpaired) electrons. The first kappa shape index (κ1) is 17.4. The van der Waals surface area contributed by atoms with Crippen LogP contribution < -0.4 is 15.4 Å². The molecule has 1 aliphatic carbocycles. The van der Waals surface area contributed by atoms with E-state index < -0.39 is 0 Å². The van der Waals surface area contributed by atoms with Crippen molar-refractivity contribution in [2.45, 2.75) is 38.3 Å². The molecule has 1 aromatic carbocycles. The Morgan fingerprint density at radius 3 is 2.76 bits per heavy atom. The molecule has 2 aliphatic rings. The number of halogens is 2.